The molecule has 0 atom stereocenters. The third-order valence-corrected chi connectivity index (χ3v) is 5.25. The van der Waals surface area contributed by atoms with Crippen LogP contribution in [0.2, 0.25) is 0 Å². The first-order chi connectivity index (χ1) is 15.4. The van der Waals surface area contributed by atoms with Crippen LogP contribution in [0.15, 0.2) is 37.5 Å². The molecule has 0 aliphatic carbocycles. The highest BCUT2D eigenvalue weighted by Gasteiger charge is 2.19. The Balaban J connectivity index is 4.85. The van der Waals surface area contributed by atoms with Crippen LogP contribution in [0, 0.1) is 0 Å². The molecule has 0 spiro atoms. The maximum atomic E-state index is 12.5. The van der Waals surface area contributed by atoms with Gasteiger partial charge in [0.1, 0.15) is 0 Å². The summed E-state index contributed by atoms with van der Waals surface area (Å²) in [6, 6.07) is 0. The van der Waals surface area contributed by atoms with E-state index in [9.17, 15) is 19.2 Å². The van der Waals surface area contributed by atoms with E-state index in [-0.39, 0.29) is 13.1 Å². The summed E-state index contributed by atoms with van der Waals surface area (Å²) in [6.45, 7) is 11.8. The molecule has 0 radical (unpaired) electrons. The average molecular weight is 447 g/mol. The lowest BCUT2D eigenvalue weighted by Crippen LogP contribution is -2.37. The fourth-order valence-electron chi connectivity index (χ4n) is 3.30. The number of nitrogens with zero attached hydrogens (tertiary/aromatic N) is 2. The van der Waals surface area contributed by atoms with E-state index in [2.05, 4.69) is 27.0 Å². The van der Waals surface area contributed by atoms with Gasteiger partial charge in [0.15, 0.2) is 0 Å². The monoisotopic (exact) mass is 446 g/mol. The highest BCUT2D eigenvalue weighted by atomic mass is 16.2. The normalized spacial score (nSPS) is 10.7. The second-order valence-electron chi connectivity index (χ2n) is 7.93. The van der Waals surface area contributed by atoms with Gasteiger partial charge in [0.2, 0.25) is 0 Å². The number of hydrogen-bond acceptors (Lipinski definition) is 4. The topological polar surface area (TPSA) is 74.8 Å². The zero-order valence-electron chi connectivity index (χ0n) is 20.2. The summed E-state index contributed by atoms with van der Waals surface area (Å²) in [6.07, 6.45) is 16.6. The van der Waals surface area contributed by atoms with Crippen molar-refractivity contribution < 1.29 is 19.2 Å². The predicted molar refractivity (Wildman–Crippen MR) is 130 cm³/mol. The molecule has 0 aromatic rings. The van der Waals surface area contributed by atoms with Gasteiger partial charge < -0.3 is 0 Å². The van der Waals surface area contributed by atoms with E-state index in [0.717, 1.165) is 85.5 Å². The zero-order chi connectivity index (χ0) is 24.2. The van der Waals surface area contributed by atoms with Crippen molar-refractivity contribution in [1.82, 2.24) is 9.80 Å². The second kappa shape index (κ2) is 19.2. The van der Waals surface area contributed by atoms with E-state index in [1.807, 2.05) is 0 Å². The number of carbonyl (C=O) groups is 4. The standard InChI is InChI=1S/C26H42N2O4/c1-5-9-11-13-15-17-21-27(23(29)7-3)25(31)19-20-26(32)28(24(30)8-4)22-18-16-14-12-10-6-2/h7-8,19-20H,3-6,9-18,21-22H2,1-2H3/b20-19-. The Morgan fingerprint density at radius 3 is 1.16 bits per heavy atom. The number of amides is 4. The van der Waals surface area contributed by atoms with Gasteiger partial charge in [0.05, 0.1) is 0 Å². The van der Waals surface area contributed by atoms with E-state index in [0.29, 0.717) is 12.8 Å². The van der Waals surface area contributed by atoms with Crippen LogP contribution < -0.4 is 0 Å². The molecule has 0 saturated carbocycles. The summed E-state index contributed by atoms with van der Waals surface area (Å²) in [5, 5.41) is 0. The minimum Gasteiger partial charge on any atom is -0.275 e. The van der Waals surface area contributed by atoms with Crippen LogP contribution in [-0.2, 0) is 19.2 Å². The van der Waals surface area contributed by atoms with Crippen LogP contribution in [0.4, 0.5) is 0 Å². The van der Waals surface area contributed by atoms with E-state index in [4.69, 9.17) is 0 Å². The molecule has 0 fully saturated rings. The number of hydrogen-bond donors (Lipinski definition) is 0. The number of unbranched alkanes of at least 4 members (excludes halogenated alkanes) is 10. The summed E-state index contributed by atoms with van der Waals surface area (Å²) in [5.74, 6) is -2.15. The molecule has 0 aromatic carbocycles. The van der Waals surface area contributed by atoms with Gasteiger partial charge in [0.25, 0.3) is 23.6 Å². The average Bonchev–Trinajstić information content (AvgIpc) is 2.80. The molecule has 6 heteroatoms. The molecule has 180 valence electrons. The maximum Gasteiger partial charge on any atom is 0.253 e. The Labute approximate surface area is 194 Å². The van der Waals surface area contributed by atoms with E-state index >= 15 is 0 Å². The van der Waals surface area contributed by atoms with Gasteiger partial charge >= 0.3 is 0 Å². The summed E-state index contributed by atoms with van der Waals surface area (Å²) >= 11 is 0. The summed E-state index contributed by atoms with van der Waals surface area (Å²) in [7, 11) is 0. The molecule has 0 N–H and O–H groups in total. The van der Waals surface area contributed by atoms with Crippen molar-refractivity contribution in [2.24, 2.45) is 0 Å². The molecule has 0 bridgehead atoms. The smallest absolute Gasteiger partial charge is 0.253 e. The largest absolute Gasteiger partial charge is 0.275 e. The molecule has 32 heavy (non-hydrogen) atoms. The van der Waals surface area contributed by atoms with Crippen molar-refractivity contribution >= 4 is 23.6 Å². The van der Waals surface area contributed by atoms with E-state index in [1.165, 1.54) is 12.8 Å². The van der Waals surface area contributed by atoms with Gasteiger partial charge in [-0.25, -0.2) is 0 Å². The molecule has 0 saturated heterocycles. The van der Waals surface area contributed by atoms with Gasteiger partial charge in [-0.1, -0.05) is 91.2 Å². The highest BCUT2D eigenvalue weighted by molar-refractivity contribution is 6.09. The van der Waals surface area contributed by atoms with Crippen LogP contribution in [0.3, 0.4) is 0 Å². The summed E-state index contributed by atoms with van der Waals surface area (Å²) < 4.78 is 0. The van der Waals surface area contributed by atoms with Gasteiger partial charge in [0, 0.05) is 25.2 Å². The third-order valence-electron chi connectivity index (χ3n) is 5.25. The Kier molecular flexibility index (Phi) is 17.7. The molecule has 6 nitrogen and oxygen atoms in total. The minimum atomic E-state index is -0.581. The number of carbonyl (C=O) groups excluding carboxylic acids is 4. The van der Waals surface area contributed by atoms with Crippen LogP contribution in [0.1, 0.15) is 90.9 Å². The highest BCUT2D eigenvalue weighted by Crippen LogP contribution is 2.09. The molecule has 0 aromatic heterocycles. The Hall–Kier alpha value is -2.50. The lowest BCUT2D eigenvalue weighted by atomic mass is 10.1. The molecule has 0 aliphatic heterocycles. The van der Waals surface area contributed by atoms with Crippen molar-refractivity contribution in [1.29, 1.82) is 0 Å². The quantitative estimate of drug-likeness (QED) is 0.210. The molecule has 0 aliphatic rings. The molecule has 0 unspecified atom stereocenters. The van der Waals surface area contributed by atoms with Crippen LogP contribution in [0.25, 0.3) is 0 Å². The lowest BCUT2D eigenvalue weighted by molar-refractivity contribution is -0.141. The molecule has 0 heterocycles. The van der Waals surface area contributed by atoms with Gasteiger partial charge in [-0.15, -0.1) is 0 Å². The Morgan fingerprint density at radius 2 is 0.844 bits per heavy atom. The number of imide groups is 2. The lowest BCUT2D eigenvalue weighted by Gasteiger charge is -2.19. The van der Waals surface area contributed by atoms with Gasteiger partial charge in [-0.05, 0) is 25.0 Å². The van der Waals surface area contributed by atoms with Crippen molar-refractivity contribution in [3.8, 4) is 0 Å². The second-order valence-corrected chi connectivity index (χ2v) is 7.93. The Bertz CT molecular complexity index is 586. The predicted octanol–water partition coefficient (Wildman–Crippen LogP) is 5.35. The number of rotatable bonds is 18. The van der Waals surface area contributed by atoms with Gasteiger partial charge in [-0.3, -0.25) is 29.0 Å². The summed E-state index contributed by atoms with van der Waals surface area (Å²) in [4.78, 5) is 51.4. The summed E-state index contributed by atoms with van der Waals surface area (Å²) in [5.41, 5.74) is 0. The van der Waals surface area contributed by atoms with Crippen LogP contribution in [0.5, 0.6) is 0 Å². The molecule has 4 amide bonds. The first-order valence-corrected chi connectivity index (χ1v) is 12.1. The van der Waals surface area contributed by atoms with Gasteiger partial charge in [-0.2, -0.15) is 0 Å². The fourth-order valence-corrected chi connectivity index (χ4v) is 3.30. The van der Waals surface area contributed by atoms with E-state index in [1.54, 1.807) is 0 Å². The van der Waals surface area contributed by atoms with Crippen LogP contribution in [-0.4, -0.2) is 46.5 Å². The van der Waals surface area contributed by atoms with E-state index < -0.39 is 23.6 Å². The maximum absolute atomic E-state index is 12.5. The SMILES string of the molecule is C=CC(=O)N(CCCCCCCC)C(=O)/C=C\C(=O)N(CCCCCCCC)C(=O)C=C. The molecular formula is C26H42N2O4. The molecule has 0 rings (SSSR count). The first-order valence-electron chi connectivity index (χ1n) is 12.1. The Morgan fingerprint density at radius 1 is 0.531 bits per heavy atom. The fraction of sp³-hybridized carbons (Fsp3) is 0.615. The van der Waals surface area contributed by atoms with Crippen molar-refractivity contribution in [3.63, 3.8) is 0 Å². The van der Waals surface area contributed by atoms with Crippen molar-refractivity contribution in [3.05, 3.63) is 37.5 Å². The van der Waals surface area contributed by atoms with Crippen LogP contribution >= 0.6 is 0 Å². The molecular weight excluding hydrogens is 404 g/mol. The first kappa shape index (κ1) is 29.5. The zero-order valence-corrected chi connectivity index (χ0v) is 20.2. The van der Waals surface area contributed by atoms with Crippen molar-refractivity contribution in [2.75, 3.05) is 13.1 Å². The third kappa shape index (κ3) is 13.0. The minimum absolute atomic E-state index is 0.279. The van der Waals surface area contributed by atoms with Crippen molar-refractivity contribution in [2.45, 2.75) is 90.9 Å².